The van der Waals surface area contributed by atoms with Crippen LogP contribution in [-0.4, -0.2) is 42.2 Å². The first-order valence-corrected chi connectivity index (χ1v) is 7.18. The minimum Gasteiger partial charge on any atom is -0.395 e. The highest BCUT2D eigenvalue weighted by atomic mass is 19.1. The molecule has 1 aromatic carbocycles. The maximum absolute atomic E-state index is 13.9. The van der Waals surface area contributed by atoms with Crippen molar-refractivity contribution in [1.82, 2.24) is 4.90 Å². The Bertz CT molecular complexity index is 452. The lowest BCUT2D eigenvalue weighted by molar-refractivity contribution is 0.0721. The van der Waals surface area contributed by atoms with Crippen LogP contribution in [0.2, 0.25) is 0 Å². The molecule has 0 bridgehead atoms. The van der Waals surface area contributed by atoms with Gasteiger partial charge in [0.2, 0.25) is 0 Å². The molecule has 0 fully saturated rings. The molecule has 0 aliphatic heterocycles. The summed E-state index contributed by atoms with van der Waals surface area (Å²) in [7, 11) is 0. The van der Waals surface area contributed by atoms with Crippen molar-refractivity contribution < 1.29 is 18.7 Å². The van der Waals surface area contributed by atoms with Gasteiger partial charge in [0.05, 0.1) is 6.61 Å². The third kappa shape index (κ3) is 4.67. The molecule has 21 heavy (non-hydrogen) atoms. The van der Waals surface area contributed by atoms with Gasteiger partial charge in [0, 0.05) is 25.2 Å². The molecule has 0 aliphatic rings. The van der Waals surface area contributed by atoms with Crippen LogP contribution in [0.3, 0.4) is 0 Å². The molecular formula is C15H22F2N2O2. The number of hydrogen-bond acceptors (Lipinski definition) is 3. The number of nitrogens with one attached hydrogen (secondary N) is 1. The Balaban J connectivity index is 2.99. The van der Waals surface area contributed by atoms with Gasteiger partial charge in [-0.05, 0) is 25.0 Å². The van der Waals surface area contributed by atoms with Gasteiger partial charge in [-0.2, -0.15) is 0 Å². The van der Waals surface area contributed by atoms with Gasteiger partial charge >= 0.3 is 0 Å². The lowest BCUT2D eigenvalue weighted by atomic mass is 10.1. The second-order valence-corrected chi connectivity index (χ2v) is 4.76. The van der Waals surface area contributed by atoms with E-state index in [-0.39, 0.29) is 24.4 Å². The Kier molecular flexibility index (Phi) is 7.08. The summed E-state index contributed by atoms with van der Waals surface area (Å²) < 4.78 is 27.8. The van der Waals surface area contributed by atoms with Crippen LogP contribution in [0.15, 0.2) is 12.1 Å². The number of rotatable bonds is 8. The van der Waals surface area contributed by atoms with Crippen molar-refractivity contribution in [3.63, 3.8) is 0 Å². The van der Waals surface area contributed by atoms with Gasteiger partial charge < -0.3 is 15.3 Å². The summed E-state index contributed by atoms with van der Waals surface area (Å²) in [6.45, 7) is 4.61. The summed E-state index contributed by atoms with van der Waals surface area (Å²) in [6.07, 6.45) is 1.44. The van der Waals surface area contributed by atoms with Crippen LogP contribution in [0.4, 0.5) is 14.5 Å². The van der Waals surface area contributed by atoms with Gasteiger partial charge in [-0.1, -0.05) is 13.8 Å². The van der Waals surface area contributed by atoms with E-state index in [0.29, 0.717) is 19.5 Å². The quantitative estimate of drug-likeness (QED) is 0.776. The number of amides is 1. The molecule has 0 spiro atoms. The largest absolute Gasteiger partial charge is 0.395 e. The summed E-state index contributed by atoms with van der Waals surface area (Å²) >= 11 is 0. The van der Waals surface area contributed by atoms with Gasteiger partial charge in [-0.15, -0.1) is 0 Å². The van der Waals surface area contributed by atoms with Crippen LogP contribution in [0.1, 0.15) is 37.0 Å². The van der Waals surface area contributed by atoms with Crippen LogP contribution in [0.5, 0.6) is 0 Å². The topological polar surface area (TPSA) is 52.6 Å². The monoisotopic (exact) mass is 300 g/mol. The summed E-state index contributed by atoms with van der Waals surface area (Å²) in [5, 5.41) is 11.6. The van der Waals surface area contributed by atoms with Crippen LogP contribution in [0, 0.1) is 11.6 Å². The van der Waals surface area contributed by atoms with E-state index in [1.807, 2.05) is 13.8 Å². The number of benzene rings is 1. The molecule has 1 aromatic rings. The van der Waals surface area contributed by atoms with Crippen LogP contribution in [-0.2, 0) is 0 Å². The molecule has 1 amide bonds. The second-order valence-electron chi connectivity index (χ2n) is 4.76. The molecule has 0 saturated carbocycles. The van der Waals surface area contributed by atoms with E-state index in [2.05, 4.69) is 5.32 Å². The molecule has 0 aromatic heterocycles. The fraction of sp³-hybridized carbons (Fsp3) is 0.533. The number of aliphatic hydroxyl groups excluding tert-OH is 1. The highest BCUT2D eigenvalue weighted by molar-refractivity contribution is 5.94. The molecule has 0 atom stereocenters. The molecule has 0 radical (unpaired) electrons. The molecular weight excluding hydrogens is 278 g/mol. The Hall–Kier alpha value is -1.69. The van der Waals surface area contributed by atoms with Gasteiger partial charge in [0.1, 0.15) is 17.3 Å². The normalized spacial score (nSPS) is 10.5. The number of halogens is 2. The highest BCUT2D eigenvalue weighted by Crippen LogP contribution is 2.21. The summed E-state index contributed by atoms with van der Waals surface area (Å²) in [6, 6.07) is 2.06. The number of carbonyl (C=O) groups excluding carboxylic acids is 1. The predicted octanol–water partition coefficient (Wildman–Crippen LogP) is 2.63. The zero-order chi connectivity index (χ0) is 15.8. The predicted molar refractivity (Wildman–Crippen MR) is 78.4 cm³/mol. The standard InChI is InChI=1S/C15H22F2N2O2/c1-3-5-18-14-12(16)9-11(10-13(14)17)15(21)19(6-4-2)7-8-20/h9-10,18,20H,3-8H2,1-2H3. The zero-order valence-electron chi connectivity index (χ0n) is 12.5. The number of anilines is 1. The first-order valence-electron chi connectivity index (χ1n) is 7.18. The molecule has 0 unspecified atom stereocenters. The first-order chi connectivity index (χ1) is 10.0. The third-order valence-corrected chi connectivity index (χ3v) is 2.99. The molecule has 0 saturated heterocycles. The van der Waals surface area contributed by atoms with E-state index in [9.17, 15) is 13.6 Å². The Morgan fingerprint density at radius 1 is 1.19 bits per heavy atom. The SMILES string of the molecule is CCCNc1c(F)cc(C(=O)N(CCC)CCO)cc1F. The van der Waals surface area contributed by atoms with Gasteiger partial charge in [0.15, 0.2) is 0 Å². The molecule has 1 rings (SSSR count). The lowest BCUT2D eigenvalue weighted by Crippen LogP contribution is -2.34. The van der Waals surface area contributed by atoms with Crippen molar-refractivity contribution in [2.75, 3.05) is 31.6 Å². The van der Waals surface area contributed by atoms with Crippen LogP contribution >= 0.6 is 0 Å². The van der Waals surface area contributed by atoms with Crippen molar-refractivity contribution >= 4 is 11.6 Å². The van der Waals surface area contributed by atoms with Crippen LogP contribution < -0.4 is 5.32 Å². The Labute approximate surface area is 123 Å². The Morgan fingerprint density at radius 2 is 1.81 bits per heavy atom. The fourth-order valence-electron chi connectivity index (χ4n) is 2.00. The number of aliphatic hydroxyl groups is 1. The smallest absolute Gasteiger partial charge is 0.254 e. The van der Waals surface area contributed by atoms with Crippen molar-refractivity contribution in [1.29, 1.82) is 0 Å². The van der Waals surface area contributed by atoms with Gasteiger partial charge in [0.25, 0.3) is 5.91 Å². The van der Waals surface area contributed by atoms with E-state index < -0.39 is 17.5 Å². The minimum absolute atomic E-state index is 0.0473. The minimum atomic E-state index is -0.785. The Morgan fingerprint density at radius 3 is 2.29 bits per heavy atom. The fourth-order valence-corrected chi connectivity index (χ4v) is 2.00. The molecule has 6 heteroatoms. The molecule has 2 N–H and O–H groups in total. The number of nitrogens with zero attached hydrogens (tertiary/aromatic N) is 1. The van der Waals surface area contributed by atoms with E-state index in [4.69, 9.17) is 5.11 Å². The van der Waals surface area contributed by atoms with Crippen molar-refractivity contribution in [3.8, 4) is 0 Å². The van der Waals surface area contributed by atoms with E-state index >= 15 is 0 Å². The summed E-state index contributed by atoms with van der Waals surface area (Å²) in [5.74, 6) is -2.05. The van der Waals surface area contributed by atoms with Gasteiger partial charge in [-0.25, -0.2) is 8.78 Å². The van der Waals surface area contributed by atoms with E-state index in [1.165, 1.54) is 4.90 Å². The second kappa shape index (κ2) is 8.56. The van der Waals surface area contributed by atoms with Crippen molar-refractivity contribution in [2.24, 2.45) is 0 Å². The lowest BCUT2D eigenvalue weighted by Gasteiger charge is -2.21. The van der Waals surface area contributed by atoms with Crippen molar-refractivity contribution in [2.45, 2.75) is 26.7 Å². The summed E-state index contributed by atoms with van der Waals surface area (Å²) in [5.41, 5.74) is -0.258. The zero-order valence-corrected chi connectivity index (χ0v) is 12.5. The average Bonchev–Trinajstić information content (AvgIpc) is 2.45. The van der Waals surface area contributed by atoms with Crippen LogP contribution in [0.25, 0.3) is 0 Å². The maximum Gasteiger partial charge on any atom is 0.254 e. The highest BCUT2D eigenvalue weighted by Gasteiger charge is 2.19. The van der Waals surface area contributed by atoms with Gasteiger partial charge in [-0.3, -0.25) is 4.79 Å². The first kappa shape index (κ1) is 17.4. The van der Waals surface area contributed by atoms with E-state index in [0.717, 1.165) is 18.6 Å². The molecule has 4 nitrogen and oxygen atoms in total. The maximum atomic E-state index is 13.9. The molecule has 118 valence electrons. The summed E-state index contributed by atoms with van der Waals surface area (Å²) in [4.78, 5) is 13.6. The molecule has 0 heterocycles. The van der Waals surface area contributed by atoms with E-state index in [1.54, 1.807) is 0 Å². The van der Waals surface area contributed by atoms with Crippen molar-refractivity contribution in [3.05, 3.63) is 29.3 Å². The third-order valence-electron chi connectivity index (χ3n) is 2.99. The average molecular weight is 300 g/mol. The molecule has 0 aliphatic carbocycles. The number of carbonyl (C=O) groups is 1. The number of hydrogen-bond donors (Lipinski definition) is 2.